The van der Waals surface area contributed by atoms with Crippen LogP contribution >= 0.6 is 31.9 Å². The zero-order valence-corrected chi connectivity index (χ0v) is 21.9. The second-order valence-electron chi connectivity index (χ2n) is 7.72. The molecule has 0 aliphatic carbocycles. The minimum Gasteiger partial charge on any atom is -0.422 e. The number of hydrazone groups is 1. The number of aliphatic hydroxyl groups is 1. The molecule has 0 aliphatic rings. The van der Waals surface area contributed by atoms with Crippen molar-refractivity contribution < 1.29 is 19.4 Å². The molecule has 0 aromatic heterocycles. The summed E-state index contributed by atoms with van der Waals surface area (Å²) in [5, 5.41) is 15.6. The zero-order valence-electron chi connectivity index (χ0n) is 18.8. The van der Waals surface area contributed by atoms with Crippen LogP contribution in [0.25, 0.3) is 0 Å². The van der Waals surface area contributed by atoms with E-state index < -0.39 is 17.5 Å². The normalized spacial score (nSPS) is 11.3. The summed E-state index contributed by atoms with van der Waals surface area (Å²) in [6.45, 7) is 0. The van der Waals surface area contributed by atoms with E-state index in [1.54, 1.807) is 103 Å². The Bertz CT molecular complexity index is 1350. The van der Waals surface area contributed by atoms with E-state index in [9.17, 15) is 14.7 Å². The van der Waals surface area contributed by atoms with Crippen molar-refractivity contribution in [1.29, 1.82) is 0 Å². The molecule has 0 spiro atoms. The van der Waals surface area contributed by atoms with Gasteiger partial charge in [0.25, 0.3) is 5.91 Å². The van der Waals surface area contributed by atoms with Gasteiger partial charge in [0.2, 0.25) is 0 Å². The van der Waals surface area contributed by atoms with Gasteiger partial charge in [0.1, 0.15) is 5.75 Å². The maximum Gasteiger partial charge on any atom is 0.343 e. The molecule has 180 valence electrons. The summed E-state index contributed by atoms with van der Waals surface area (Å²) in [4.78, 5) is 25.8. The van der Waals surface area contributed by atoms with E-state index >= 15 is 0 Å². The van der Waals surface area contributed by atoms with Crippen molar-refractivity contribution in [2.24, 2.45) is 5.10 Å². The Morgan fingerprint density at radius 2 is 1.36 bits per heavy atom. The molecule has 0 atom stereocenters. The third-order valence-electron chi connectivity index (χ3n) is 5.34. The van der Waals surface area contributed by atoms with Crippen LogP contribution in [0.15, 0.2) is 117 Å². The summed E-state index contributed by atoms with van der Waals surface area (Å²) in [5.74, 6) is -1.02. The smallest absolute Gasteiger partial charge is 0.343 e. The van der Waals surface area contributed by atoms with Gasteiger partial charge >= 0.3 is 5.97 Å². The van der Waals surface area contributed by atoms with E-state index in [1.165, 1.54) is 6.21 Å². The van der Waals surface area contributed by atoms with Crippen molar-refractivity contribution >= 4 is 50.0 Å². The highest BCUT2D eigenvalue weighted by Crippen LogP contribution is 2.30. The molecule has 0 fully saturated rings. The van der Waals surface area contributed by atoms with Crippen LogP contribution in [0.5, 0.6) is 5.75 Å². The molecular formula is C28H20Br2N2O4. The van der Waals surface area contributed by atoms with Gasteiger partial charge in [0, 0.05) is 14.5 Å². The molecule has 8 heteroatoms. The van der Waals surface area contributed by atoms with Gasteiger partial charge in [-0.25, -0.2) is 10.2 Å². The first-order valence-corrected chi connectivity index (χ1v) is 12.4. The molecule has 0 radical (unpaired) electrons. The number of rotatable bonds is 7. The monoisotopic (exact) mass is 606 g/mol. The Hall–Kier alpha value is -3.59. The summed E-state index contributed by atoms with van der Waals surface area (Å²) in [7, 11) is 0. The number of nitrogens with one attached hydrogen (secondary N) is 1. The Balaban J connectivity index is 1.57. The van der Waals surface area contributed by atoms with Crippen LogP contribution < -0.4 is 10.2 Å². The first-order chi connectivity index (χ1) is 17.4. The lowest BCUT2D eigenvalue weighted by molar-refractivity contribution is -0.136. The van der Waals surface area contributed by atoms with E-state index in [0.29, 0.717) is 22.3 Å². The van der Waals surface area contributed by atoms with Crippen molar-refractivity contribution in [3.05, 3.63) is 134 Å². The highest BCUT2D eigenvalue weighted by molar-refractivity contribution is 9.10. The van der Waals surface area contributed by atoms with Crippen LogP contribution in [0.2, 0.25) is 0 Å². The standard InChI is InChI=1S/C28H20Br2N2O4/c29-23-13-11-19(12-14-23)26(33)36-25-16-15-24(30)17-20(25)18-31-32-27(34)28(35,21-7-3-1-4-8-21)22-9-5-2-6-10-22/h1-18,35H,(H,32,34)/b31-18-. The summed E-state index contributed by atoms with van der Waals surface area (Å²) in [6.07, 6.45) is 1.35. The fourth-order valence-electron chi connectivity index (χ4n) is 3.49. The molecule has 4 aromatic rings. The first-order valence-electron chi connectivity index (χ1n) is 10.8. The Kier molecular flexibility index (Phi) is 8.10. The minimum atomic E-state index is -1.96. The summed E-state index contributed by atoms with van der Waals surface area (Å²) < 4.78 is 7.13. The average Bonchev–Trinajstić information content (AvgIpc) is 2.91. The number of carbonyl (C=O) groups excluding carboxylic acids is 2. The molecule has 36 heavy (non-hydrogen) atoms. The average molecular weight is 608 g/mol. The number of carbonyl (C=O) groups is 2. The van der Waals surface area contributed by atoms with Gasteiger partial charge < -0.3 is 9.84 Å². The van der Waals surface area contributed by atoms with Crippen molar-refractivity contribution in [1.82, 2.24) is 5.43 Å². The van der Waals surface area contributed by atoms with E-state index in [0.717, 1.165) is 8.95 Å². The zero-order chi connectivity index (χ0) is 25.5. The number of esters is 1. The van der Waals surface area contributed by atoms with Gasteiger partial charge in [0.05, 0.1) is 11.8 Å². The number of hydrogen-bond donors (Lipinski definition) is 2. The quantitative estimate of drug-likeness (QED) is 0.120. The predicted molar refractivity (Wildman–Crippen MR) is 145 cm³/mol. The SMILES string of the molecule is O=C(Oc1ccc(Br)cc1/C=N\NC(=O)C(O)(c1ccccc1)c1ccccc1)c1ccc(Br)cc1. The second kappa shape index (κ2) is 11.4. The molecule has 0 saturated heterocycles. The van der Waals surface area contributed by atoms with Crippen LogP contribution in [0.4, 0.5) is 0 Å². The molecular weight excluding hydrogens is 588 g/mol. The van der Waals surface area contributed by atoms with Crippen molar-refractivity contribution in [2.45, 2.75) is 5.60 Å². The van der Waals surface area contributed by atoms with Gasteiger partial charge in [-0.3, -0.25) is 4.79 Å². The number of benzene rings is 4. The lowest BCUT2D eigenvalue weighted by atomic mass is 9.85. The Morgan fingerprint density at radius 3 is 1.94 bits per heavy atom. The van der Waals surface area contributed by atoms with E-state index in [4.69, 9.17) is 4.74 Å². The van der Waals surface area contributed by atoms with Crippen LogP contribution in [-0.2, 0) is 10.4 Å². The molecule has 0 saturated carbocycles. The highest BCUT2D eigenvalue weighted by atomic mass is 79.9. The van der Waals surface area contributed by atoms with E-state index in [1.807, 2.05) is 0 Å². The molecule has 4 aromatic carbocycles. The molecule has 0 unspecified atom stereocenters. The molecule has 6 nitrogen and oxygen atoms in total. The van der Waals surface area contributed by atoms with Crippen molar-refractivity contribution in [2.75, 3.05) is 0 Å². The van der Waals surface area contributed by atoms with Gasteiger partial charge in [-0.05, 0) is 53.6 Å². The fourth-order valence-corrected chi connectivity index (χ4v) is 4.13. The number of halogens is 2. The summed E-state index contributed by atoms with van der Waals surface area (Å²) >= 11 is 6.73. The van der Waals surface area contributed by atoms with Gasteiger partial charge in [-0.2, -0.15) is 5.10 Å². The Labute approximate surface area is 224 Å². The lowest BCUT2D eigenvalue weighted by Crippen LogP contribution is -2.43. The number of ether oxygens (including phenoxy) is 1. The van der Waals surface area contributed by atoms with E-state index in [-0.39, 0.29) is 5.75 Å². The maximum absolute atomic E-state index is 13.2. The molecule has 4 rings (SSSR count). The summed E-state index contributed by atoms with van der Waals surface area (Å²) in [6, 6.07) is 29.1. The topological polar surface area (TPSA) is 88.0 Å². The van der Waals surface area contributed by atoms with Gasteiger partial charge in [-0.1, -0.05) is 92.5 Å². The van der Waals surface area contributed by atoms with Crippen LogP contribution in [0.1, 0.15) is 27.0 Å². The van der Waals surface area contributed by atoms with Crippen molar-refractivity contribution in [3.8, 4) is 5.75 Å². The molecule has 2 N–H and O–H groups in total. The molecule has 0 heterocycles. The minimum absolute atomic E-state index is 0.255. The predicted octanol–water partition coefficient (Wildman–Crippen LogP) is 5.82. The number of amides is 1. The van der Waals surface area contributed by atoms with Gasteiger partial charge in [-0.15, -0.1) is 0 Å². The Morgan fingerprint density at radius 1 is 0.806 bits per heavy atom. The molecule has 0 bridgehead atoms. The first kappa shape index (κ1) is 25.5. The second-order valence-corrected chi connectivity index (χ2v) is 9.55. The molecule has 0 aliphatic heterocycles. The fraction of sp³-hybridized carbons (Fsp3) is 0.0357. The summed E-state index contributed by atoms with van der Waals surface area (Å²) in [5.41, 5.74) is 2.08. The van der Waals surface area contributed by atoms with E-state index in [2.05, 4.69) is 42.4 Å². The maximum atomic E-state index is 13.2. The lowest BCUT2D eigenvalue weighted by Gasteiger charge is -2.27. The highest BCUT2D eigenvalue weighted by Gasteiger charge is 2.39. The number of nitrogens with zero attached hydrogens (tertiary/aromatic N) is 1. The van der Waals surface area contributed by atoms with Crippen molar-refractivity contribution in [3.63, 3.8) is 0 Å². The van der Waals surface area contributed by atoms with Gasteiger partial charge in [0.15, 0.2) is 5.60 Å². The van der Waals surface area contributed by atoms with Crippen LogP contribution in [0, 0.1) is 0 Å². The largest absolute Gasteiger partial charge is 0.422 e. The number of hydrogen-bond acceptors (Lipinski definition) is 5. The van der Waals surface area contributed by atoms with Crippen LogP contribution in [-0.4, -0.2) is 23.2 Å². The van der Waals surface area contributed by atoms with Crippen LogP contribution in [0.3, 0.4) is 0 Å². The molecule has 1 amide bonds. The third kappa shape index (κ3) is 5.79. The third-order valence-corrected chi connectivity index (χ3v) is 6.36.